The van der Waals surface area contributed by atoms with Crippen LogP contribution < -0.4 is 0 Å². The predicted octanol–water partition coefficient (Wildman–Crippen LogP) is 2.25. The first-order valence-electron chi connectivity index (χ1n) is 1.86. The van der Waals surface area contributed by atoms with Crippen LogP contribution in [0.15, 0.2) is 23.4 Å². The topological polar surface area (TPSA) is 0 Å². The van der Waals surface area contributed by atoms with Crippen LogP contribution in [0.4, 0.5) is 0 Å². The lowest BCUT2D eigenvalue weighted by molar-refractivity contribution is 1.97. The van der Waals surface area contributed by atoms with Gasteiger partial charge in [-0.15, -0.1) is 21.0 Å². The Bertz CT molecular complexity index is 96.3. The van der Waals surface area contributed by atoms with E-state index in [-0.39, 0.29) is 0 Å². The Kier molecular flexibility index (Phi) is 3.41. The van der Waals surface area contributed by atoms with E-state index in [1.54, 1.807) is 11.8 Å². The molecule has 0 aromatic rings. The lowest BCUT2D eigenvalue weighted by Gasteiger charge is -1.94. The molecular formula is C5H9PS. The van der Waals surface area contributed by atoms with E-state index in [1.165, 1.54) is 0 Å². The lowest BCUT2D eigenvalue weighted by Crippen LogP contribution is -1.64. The maximum atomic E-state index is 3.72. The molecule has 7 heavy (non-hydrogen) atoms. The van der Waals surface area contributed by atoms with Crippen molar-refractivity contribution in [2.24, 2.45) is 0 Å². The molecule has 2 heteroatoms. The highest BCUT2D eigenvalue weighted by Gasteiger charge is 1.86. The molecule has 0 aliphatic heterocycles. The largest absolute Gasteiger partial charge is 0.130 e. The van der Waals surface area contributed by atoms with E-state index in [1.807, 2.05) is 6.26 Å². The fourth-order valence-corrected chi connectivity index (χ4v) is 0.747. The summed E-state index contributed by atoms with van der Waals surface area (Å²) in [7, 11) is 2.50. The summed E-state index contributed by atoms with van der Waals surface area (Å²) in [5.74, 6) is 0. The minimum absolute atomic E-state index is 0.979. The summed E-state index contributed by atoms with van der Waals surface area (Å²) in [5, 5.41) is 0.979. The summed E-state index contributed by atoms with van der Waals surface area (Å²) >= 11 is 1.62. The molecule has 0 aromatic carbocycles. The molecule has 40 valence electrons. The van der Waals surface area contributed by atoms with E-state index < -0.39 is 0 Å². The Morgan fingerprint density at radius 2 is 2.00 bits per heavy atom. The summed E-state index contributed by atoms with van der Waals surface area (Å²) < 4.78 is 0. The van der Waals surface area contributed by atoms with Gasteiger partial charge in [-0.1, -0.05) is 13.2 Å². The SMILES string of the molecule is C=C(P)C(=C)SC. The Morgan fingerprint density at radius 1 is 1.57 bits per heavy atom. The predicted molar refractivity (Wildman–Crippen MR) is 41.5 cm³/mol. The van der Waals surface area contributed by atoms with Gasteiger partial charge < -0.3 is 0 Å². The zero-order valence-corrected chi connectivity index (χ0v) is 6.37. The third kappa shape index (κ3) is 2.90. The summed E-state index contributed by atoms with van der Waals surface area (Å²) in [6.07, 6.45) is 1.98. The second-order valence-corrected chi connectivity index (χ2v) is 2.75. The maximum Gasteiger partial charge on any atom is 0.00629 e. The number of thioether (sulfide) groups is 1. The fourth-order valence-electron chi connectivity index (χ4n) is 0.131. The van der Waals surface area contributed by atoms with Gasteiger partial charge in [0.15, 0.2) is 0 Å². The van der Waals surface area contributed by atoms with Gasteiger partial charge >= 0.3 is 0 Å². The van der Waals surface area contributed by atoms with Crippen molar-refractivity contribution in [2.75, 3.05) is 6.26 Å². The Labute approximate surface area is 51.3 Å². The third-order valence-corrected chi connectivity index (χ3v) is 1.92. The van der Waals surface area contributed by atoms with Crippen molar-refractivity contribution in [3.63, 3.8) is 0 Å². The Morgan fingerprint density at radius 3 is 2.00 bits per heavy atom. The molecule has 0 saturated carbocycles. The maximum absolute atomic E-state index is 3.72. The van der Waals surface area contributed by atoms with E-state index in [0.717, 1.165) is 10.2 Å². The molecule has 0 nitrogen and oxygen atoms in total. The monoisotopic (exact) mass is 132 g/mol. The van der Waals surface area contributed by atoms with E-state index in [4.69, 9.17) is 0 Å². The molecule has 0 rings (SSSR count). The standard InChI is InChI=1S/C5H9PS/c1-4(6)5(2)7-3/h1-2,6H2,3H3. The second kappa shape index (κ2) is 3.29. The van der Waals surface area contributed by atoms with Crippen LogP contribution in [0, 0.1) is 0 Å². The van der Waals surface area contributed by atoms with Crippen molar-refractivity contribution in [1.82, 2.24) is 0 Å². The first-order valence-corrected chi connectivity index (χ1v) is 3.66. The number of hydrogen-bond donors (Lipinski definition) is 0. The van der Waals surface area contributed by atoms with Crippen molar-refractivity contribution in [2.45, 2.75) is 0 Å². The molecule has 0 bridgehead atoms. The van der Waals surface area contributed by atoms with Crippen LogP contribution in [0.2, 0.25) is 0 Å². The average molecular weight is 132 g/mol. The molecule has 0 spiro atoms. The zero-order chi connectivity index (χ0) is 5.86. The quantitative estimate of drug-likeness (QED) is 0.410. The van der Waals surface area contributed by atoms with E-state index in [0.29, 0.717) is 0 Å². The molecule has 1 unspecified atom stereocenters. The fraction of sp³-hybridized carbons (Fsp3) is 0.200. The summed E-state index contributed by atoms with van der Waals surface area (Å²) in [4.78, 5) is 1.03. The van der Waals surface area contributed by atoms with Gasteiger partial charge in [0.1, 0.15) is 0 Å². The van der Waals surface area contributed by atoms with Gasteiger partial charge in [0.2, 0.25) is 0 Å². The van der Waals surface area contributed by atoms with Crippen LogP contribution in [0.1, 0.15) is 0 Å². The normalized spacial score (nSPS) is 8.29. The molecule has 0 aliphatic carbocycles. The first-order chi connectivity index (χ1) is 3.18. The van der Waals surface area contributed by atoms with Gasteiger partial charge in [0, 0.05) is 4.91 Å². The first kappa shape index (κ1) is 7.26. The lowest BCUT2D eigenvalue weighted by atomic mass is 10.6. The van der Waals surface area contributed by atoms with E-state index in [9.17, 15) is 0 Å². The van der Waals surface area contributed by atoms with Gasteiger partial charge in [-0.05, 0) is 11.6 Å². The molecule has 0 saturated heterocycles. The smallest absolute Gasteiger partial charge is 0.00629 e. The zero-order valence-electron chi connectivity index (χ0n) is 4.40. The second-order valence-electron chi connectivity index (χ2n) is 1.15. The van der Waals surface area contributed by atoms with Gasteiger partial charge in [0.05, 0.1) is 0 Å². The molecule has 0 fully saturated rings. The van der Waals surface area contributed by atoms with Gasteiger partial charge in [-0.3, -0.25) is 0 Å². The molecule has 1 atom stereocenters. The number of allylic oxidation sites excluding steroid dienone is 1. The van der Waals surface area contributed by atoms with E-state index in [2.05, 4.69) is 22.4 Å². The van der Waals surface area contributed by atoms with Crippen LogP contribution in [-0.4, -0.2) is 6.26 Å². The van der Waals surface area contributed by atoms with Gasteiger partial charge in [-0.25, -0.2) is 0 Å². The average Bonchev–Trinajstić information content (AvgIpc) is 1.65. The van der Waals surface area contributed by atoms with E-state index >= 15 is 0 Å². The molecule has 0 heterocycles. The highest BCUT2D eigenvalue weighted by molar-refractivity contribution is 8.02. The van der Waals surface area contributed by atoms with Gasteiger partial charge in [0.25, 0.3) is 0 Å². The molecule has 0 N–H and O–H groups in total. The van der Waals surface area contributed by atoms with Crippen LogP contribution in [0.3, 0.4) is 0 Å². The van der Waals surface area contributed by atoms with Crippen molar-refractivity contribution < 1.29 is 0 Å². The Hall–Kier alpha value is 0.260. The van der Waals surface area contributed by atoms with Crippen molar-refractivity contribution in [3.05, 3.63) is 23.4 Å². The number of hydrogen-bond acceptors (Lipinski definition) is 1. The molecular weight excluding hydrogens is 123 g/mol. The molecule has 0 aromatic heterocycles. The van der Waals surface area contributed by atoms with Crippen molar-refractivity contribution in [1.29, 1.82) is 0 Å². The molecule has 0 amide bonds. The van der Waals surface area contributed by atoms with Crippen LogP contribution in [0.5, 0.6) is 0 Å². The van der Waals surface area contributed by atoms with Crippen LogP contribution >= 0.6 is 21.0 Å². The molecule has 0 aliphatic rings. The number of rotatable bonds is 2. The van der Waals surface area contributed by atoms with Crippen molar-refractivity contribution in [3.8, 4) is 0 Å². The van der Waals surface area contributed by atoms with Gasteiger partial charge in [-0.2, -0.15) is 0 Å². The van der Waals surface area contributed by atoms with Crippen LogP contribution in [0.25, 0.3) is 0 Å². The minimum atomic E-state index is 0.979. The summed E-state index contributed by atoms with van der Waals surface area (Å²) in [5.41, 5.74) is 0. The summed E-state index contributed by atoms with van der Waals surface area (Å²) in [6, 6.07) is 0. The summed E-state index contributed by atoms with van der Waals surface area (Å²) in [6.45, 7) is 7.38. The highest BCUT2D eigenvalue weighted by Crippen LogP contribution is 2.21. The molecule has 0 radical (unpaired) electrons. The van der Waals surface area contributed by atoms with Crippen molar-refractivity contribution >= 4 is 21.0 Å². The highest BCUT2D eigenvalue weighted by atomic mass is 32.2. The Balaban J connectivity index is 3.58. The third-order valence-electron chi connectivity index (χ3n) is 0.605. The minimum Gasteiger partial charge on any atom is -0.130 e. The van der Waals surface area contributed by atoms with Crippen LogP contribution in [-0.2, 0) is 0 Å².